The average Bonchev–Trinajstić information content (AvgIpc) is 2.98. The van der Waals surface area contributed by atoms with Gasteiger partial charge in [0.25, 0.3) is 0 Å². The molecule has 0 aliphatic carbocycles. The fourth-order valence-electron chi connectivity index (χ4n) is 2.53. The second-order valence-corrected chi connectivity index (χ2v) is 5.74. The SMILES string of the molecule is O=C(O)c1c[nH]c2cc(Cl)c(-c3ccc(OCCCO)cc3)cc12. The van der Waals surface area contributed by atoms with E-state index in [2.05, 4.69) is 4.98 Å². The number of carboxylic acids is 1. The standard InChI is InChI=1S/C18H16ClNO4/c19-16-9-17-14(15(10-20-17)18(22)23)8-13(16)11-2-4-12(5-3-11)24-7-1-6-21/h2-5,8-10,20-21H,1,6-7H2,(H,22,23). The molecular formula is C18H16ClNO4. The second kappa shape index (κ2) is 6.95. The summed E-state index contributed by atoms with van der Waals surface area (Å²) in [6.45, 7) is 0.546. The van der Waals surface area contributed by atoms with E-state index in [1.807, 2.05) is 24.3 Å². The van der Waals surface area contributed by atoms with Crippen LogP contribution in [0.4, 0.5) is 0 Å². The number of nitrogens with one attached hydrogen (secondary N) is 1. The highest BCUT2D eigenvalue weighted by molar-refractivity contribution is 6.34. The molecule has 0 radical (unpaired) electrons. The highest BCUT2D eigenvalue weighted by atomic mass is 35.5. The van der Waals surface area contributed by atoms with Crippen LogP contribution >= 0.6 is 11.6 Å². The van der Waals surface area contributed by atoms with Crippen molar-refractivity contribution in [1.29, 1.82) is 0 Å². The monoisotopic (exact) mass is 345 g/mol. The van der Waals surface area contributed by atoms with Crippen molar-refractivity contribution in [3.63, 3.8) is 0 Å². The topological polar surface area (TPSA) is 82.5 Å². The number of aliphatic hydroxyl groups is 1. The lowest BCUT2D eigenvalue weighted by Crippen LogP contribution is -1.99. The van der Waals surface area contributed by atoms with Gasteiger partial charge in [0.05, 0.1) is 17.2 Å². The normalized spacial score (nSPS) is 10.9. The molecule has 0 atom stereocenters. The summed E-state index contributed by atoms with van der Waals surface area (Å²) in [5, 5.41) is 19.2. The van der Waals surface area contributed by atoms with Gasteiger partial charge in [0, 0.05) is 35.7 Å². The van der Waals surface area contributed by atoms with E-state index in [0.717, 1.165) is 11.1 Å². The van der Waals surface area contributed by atoms with Gasteiger partial charge in [0.15, 0.2) is 0 Å². The predicted octanol–water partition coefficient (Wildman–Crippen LogP) is 3.95. The zero-order valence-corrected chi connectivity index (χ0v) is 13.5. The van der Waals surface area contributed by atoms with Gasteiger partial charge in [0.2, 0.25) is 0 Å². The van der Waals surface area contributed by atoms with Gasteiger partial charge in [-0.2, -0.15) is 0 Å². The first kappa shape index (κ1) is 16.4. The van der Waals surface area contributed by atoms with Gasteiger partial charge in [-0.05, 0) is 29.8 Å². The number of rotatable bonds is 6. The number of fused-ring (bicyclic) bond motifs is 1. The lowest BCUT2D eigenvalue weighted by Gasteiger charge is -2.08. The molecule has 5 nitrogen and oxygen atoms in total. The molecule has 0 aliphatic rings. The molecule has 2 aromatic carbocycles. The van der Waals surface area contributed by atoms with Crippen LogP contribution in [0.5, 0.6) is 5.75 Å². The molecule has 3 rings (SSSR count). The van der Waals surface area contributed by atoms with Gasteiger partial charge < -0.3 is 19.9 Å². The number of aromatic carboxylic acids is 1. The molecule has 1 heterocycles. The van der Waals surface area contributed by atoms with Crippen LogP contribution in [0.25, 0.3) is 22.0 Å². The van der Waals surface area contributed by atoms with E-state index in [-0.39, 0.29) is 12.2 Å². The zero-order valence-electron chi connectivity index (χ0n) is 12.8. The van der Waals surface area contributed by atoms with Gasteiger partial charge in [-0.25, -0.2) is 4.79 Å². The Hall–Kier alpha value is -2.50. The fourth-order valence-corrected chi connectivity index (χ4v) is 2.80. The second-order valence-electron chi connectivity index (χ2n) is 5.34. The first-order chi connectivity index (χ1) is 11.6. The van der Waals surface area contributed by atoms with Crippen LogP contribution < -0.4 is 4.74 Å². The summed E-state index contributed by atoms with van der Waals surface area (Å²) in [5.74, 6) is -0.278. The molecule has 0 spiro atoms. The van der Waals surface area contributed by atoms with Crippen molar-refractivity contribution in [3.8, 4) is 16.9 Å². The maximum atomic E-state index is 11.3. The Kier molecular flexibility index (Phi) is 4.74. The third-order valence-corrected chi connectivity index (χ3v) is 4.05. The van der Waals surface area contributed by atoms with Crippen LogP contribution in [0.1, 0.15) is 16.8 Å². The number of carbonyl (C=O) groups is 1. The summed E-state index contributed by atoms with van der Waals surface area (Å²) in [5.41, 5.74) is 2.53. The number of hydrogen-bond acceptors (Lipinski definition) is 3. The molecule has 0 bridgehead atoms. The Morgan fingerprint density at radius 1 is 1.21 bits per heavy atom. The molecule has 24 heavy (non-hydrogen) atoms. The van der Waals surface area contributed by atoms with Crippen molar-refractivity contribution in [3.05, 3.63) is 53.2 Å². The maximum Gasteiger partial charge on any atom is 0.337 e. The van der Waals surface area contributed by atoms with Crippen LogP contribution in [-0.2, 0) is 0 Å². The van der Waals surface area contributed by atoms with E-state index in [0.29, 0.717) is 34.7 Å². The van der Waals surface area contributed by atoms with E-state index in [4.69, 9.17) is 21.4 Å². The molecule has 0 saturated carbocycles. The first-order valence-electron chi connectivity index (χ1n) is 7.48. The Labute approximate surface area is 143 Å². The molecule has 3 N–H and O–H groups in total. The summed E-state index contributed by atoms with van der Waals surface area (Å²) in [4.78, 5) is 14.2. The zero-order chi connectivity index (χ0) is 17.1. The number of hydrogen-bond donors (Lipinski definition) is 3. The number of H-pyrrole nitrogens is 1. The number of aromatic nitrogens is 1. The summed E-state index contributed by atoms with van der Waals surface area (Å²) >= 11 is 6.34. The molecule has 0 amide bonds. The molecule has 6 heteroatoms. The minimum absolute atomic E-state index is 0.0935. The summed E-state index contributed by atoms with van der Waals surface area (Å²) in [7, 11) is 0. The van der Waals surface area contributed by atoms with Crippen molar-refractivity contribution in [2.24, 2.45) is 0 Å². The number of benzene rings is 2. The Balaban J connectivity index is 1.94. The van der Waals surface area contributed by atoms with Gasteiger partial charge >= 0.3 is 5.97 Å². The van der Waals surface area contributed by atoms with Crippen LogP contribution in [0.2, 0.25) is 5.02 Å². The molecule has 124 valence electrons. The largest absolute Gasteiger partial charge is 0.494 e. The Morgan fingerprint density at radius 2 is 1.96 bits per heavy atom. The lowest BCUT2D eigenvalue weighted by molar-refractivity contribution is 0.0699. The van der Waals surface area contributed by atoms with Gasteiger partial charge in [-0.3, -0.25) is 0 Å². The molecule has 3 aromatic rings. The van der Waals surface area contributed by atoms with Crippen molar-refractivity contribution in [2.75, 3.05) is 13.2 Å². The van der Waals surface area contributed by atoms with Gasteiger partial charge in [-0.1, -0.05) is 23.7 Å². The summed E-state index contributed by atoms with van der Waals surface area (Å²) in [6.07, 6.45) is 2.04. The van der Waals surface area contributed by atoms with Crippen LogP contribution in [0.3, 0.4) is 0 Å². The maximum absolute atomic E-state index is 11.3. The van der Waals surface area contributed by atoms with Crippen LogP contribution in [0.15, 0.2) is 42.6 Å². The molecule has 1 aromatic heterocycles. The van der Waals surface area contributed by atoms with Crippen LogP contribution in [-0.4, -0.2) is 34.4 Å². The molecule has 0 aliphatic heterocycles. The van der Waals surface area contributed by atoms with Crippen molar-refractivity contribution >= 4 is 28.5 Å². The molecule has 0 saturated heterocycles. The third-order valence-electron chi connectivity index (χ3n) is 3.74. The average molecular weight is 346 g/mol. The van der Waals surface area contributed by atoms with E-state index >= 15 is 0 Å². The predicted molar refractivity (Wildman–Crippen MR) is 92.9 cm³/mol. The molecular weight excluding hydrogens is 330 g/mol. The minimum atomic E-state index is -0.984. The first-order valence-corrected chi connectivity index (χ1v) is 7.86. The fraction of sp³-hybridized carbons (Fsp3) is 0.167. The van der Waals surface area contributed by atoms with E-state index in [1.165, 1.54) is 6.20 Å². The number of aromatic amines is 1. The van der Waals surface area contributed by atoms with Crippen molar-refractivity contribution in [2.45, 2.75) is 6.42 Å². The van der Waals surface area contributed by atoms with E-state index < -0.39 is 5.97 Å². The number of halogens is 1. The van der Waals surface area contributed by atoms with Crippen LogP contribution in [0, 0.1) is 0 Å². The van der Waals surface area contributed by atoms with Gasteiger partial charge in [0.1, 0.15) is 5.75 Å². The number of aliphatic hydroxyl groups excluding tert-OH is 1. The van der Waals surface area contributed by atoms with Crippen molar-refractivity contribution in [1.82, 2.24) is 4.98 Å². The van der Waals surface area contributed by atoms with E-state index in [1.54, 1.807) is 12.1 Å². The Bertz CT molecular complexity index is 871. The molecule has 0 unspecified atom stereocenters. The lowest BCUT2D eigenvalue weighted by atomic mass is 10.0. The minimum Gasteiger partial charge on any atom is -0.494 e. The number of carboxylic acid groups (broad SMARTS) is 1. The van der Waals surface area contributed by atoms with Crippen molar-refractivity contribution < 1.29 is 19.7 Å². The van der Waals surface area contributed by atoms with E-state index in [9.17, 15) is 9.90 Å². The highest BCUT2D eigenvalue weighted by Gasteiger charge is 2.14. The highest BCUT2D eigenvalue weighted by Crippen LogP contribution is 2.34. The Morgan fingerprint density at radius 3 is 2.62 bits per heavy atom. The number of ether oxygens (including phenoxy) is 1. The third kappa shape index (κ3) is 3.22. The van der Waals surface area contributed by atoms with Gasteiger partial charge in [-0.15, -0.1) is 0 Å². The quantitative estimate of drug-likeness (QED) is 0.591. The molecule has 0 fully saturated rings. The summed E-state index contributed by atoms with van der Waals surface area (Å²) in [6, 6.07) is 10.9. The smallest absolute Gasteiger partial charge is 0.337 e. The summed E-state index contributed by atoms with van der Waals surface area (Å²) < 4.78 is 5.50.